The zero-order valence-electron chi connectivity index (χ0n) is 19.5. The van der Waals surface area contributed by atoms with Crippen LogP contribution in [0.3, 0.4) is 0 Å². The number of hydrogen-bond donors (Lipinski definition) is 2. The van der Waals surface area contributed by atoms with Crippen LogP contribution in [0.25, 0.3) is 0 Å². The van der Waals surface area contributed by atoms with Crippen molar-refractivity contribution in [3.63, 3.8) is 0 Å². The average molecular weight is 466 g/mol. The molecule has 1 heterocycles. The Morgan fingerprint density at radius 3 is 2.52 bits per heavy atom. The number of amides is 2. The van der Waals surface area contributed by atoms with E-state index in [0.717, 1.165) is 12.0 Å². The van der Waals surface area contributed by atoms with Crippen LogP contribution in [0.1, 0.15) is 47.2 Å². The molecule has 33 heavy (non-hydrogen) atoms. The molecule has 174 valence electrons. The summed E-state index contributed by atoms with van der Waals surface area (Å²) in [5, 5.41) is 15.3. The molecule has 0 unspecified atom stereocenters. The van der Waals surface area contributed by atoms with Crippen molar-refractivity contribution >= 4 is 23.6 Å². The van der Waals surface area contributed by atoms with E-state index in [0.29, 0.717) is 23.1 Å². The Labute approximate surface area is 199 Å². The molecule has 2 N–H and O–H groups in total. The highest BCUT2D eigenvalue weighted by atomic mass is 32.2. The standard InChI is InChI=1S/C25H31N5O2S/c1-17(2)22(27-24(32)20-12-8-9-18(3)15-20)23-28-29-25(30(23)4)33-16-21(31)26-14-13-19-10-6-5-7-11-19/h5-12,15,17,22H,13-14,16H2,1-4H3,(H,26,31)(H,27,32)/t22-/m0/s1. The summed E-state index contributed by atoms with van der Waals surface area (Å²) < 4.78 is 1.85. The van der Waals surface area contributed by atoms with Gasteiger partial charge in [0.1, 0.15) is 0 Å². The minimum atomic E-state index is -0.301. The Balaban J connectivity index is 1.57. The minimum absolute atomic E-state index is 0.0476. The third kappa shape index (κ3) is 6.92. The van der Waals surface area contributed by atoms with Crippen LogP contribution in [0.4, 0.5) is 0 Å². The van der Waals surface area contributed by atoms with Crippen molar-refractivity contribution in [3.05, 3.63) is 77.1 Å². The Hall–Kier alpha value is -3.13. The molecule has 0 aliphatic rings. The predicted octanol–water partition coefficient (Wildman–Crippen LogP) is 3.70. The molecule has 2 aromatic carbocycles. The molecule has 3 rings (SSSR count). The number of aryl methyl sites for hydroxylation is 1. The molecule has 0 saturated carbocycles. The maximum absolute atomic E-state index is 12.8. The van der Waals surface area contributed by atoms with Crippen LogP contribution in [0.5, 0.6) is 0 Å². The molecule has 0 radical (unpaired) electrons. The van der Waals surface area contributed by atoms with E-state index >= 15 is 0 Å². The summed E-state index contributed by atoms with van der Waals surface area (Å²) in [6.45, 7) is 6.61. The molecular formula is C25H31N5O2S. The summed E-state index contributed by atoms with van der Waals surface area (Å²) in [6.07, 6.45) is 0.794. The molecule has 1 aromatic heterocycles. The highest BCUT2D eigenvalue weighted by Crippen LogP contribution is 2.24. The number of carbonyl (C=O) groups excluding carboxylic acids is 2. The van der Waals surface area contributed by atoms with Crippen LogP contribution in [-0.4, -0.2) is 38.9 Å². The van der Waals surface area contributed by atoms with E-state index in [1.54, 1.807) is 6.07 Å². The summed E-state index contributed by atoms with van der Waals surface area (Å²) >= 11 is 1.33. The third-order valence-electron chi connectivity index (χ3n) is 5.29. The van der Waals surface area contributed by atoms with Crippen molar-refractivity contribution in [2.45, 2.75) is 38.4 Å². The third-order valence-corrected chi connectivity index (χ3v) is 6.31. The minimum Gasteiger partial charge on any atom is -0.355 e. The van der Waals surface area contributed by atoms with Crippen LogP contribution in [-0.2, 0) is 18.3 Å². The number of nitrogens with zero attached hydrogens (tertiary/aromatic N) is 3. The number of nitrogens with one attached hydrogen (secondary N) is 2. The molecule has 8 heteroatoms. The van der Waals surface area contributed by atoms with E-state index in [1.165, 1.54) is 17.3 Å². The van der Waals surface area contributed by atoms with Crippen molar-refractivity contribution in [2.75, 3.05) is 12.3 Å². The highest BCUT2D eigenvalue weighted by Gasteiger charge is 2.25. The molecule has 0 aliphatic heterocycles. The lowest BCUT2D eigenvalue weighted by Gasteiger charge is -2.21. The molecule has 0 bridgehead atoms. The van der Waals surface area contributed by atoms with Crippen molar-refractivity contribution in [2.24, 2.45) is 13.0 Å². The average Bonchev–Trinajstić information content (AvgIpc) is 3.16. The Kier molecular flexibility index (Phi) is 8.65. The molecule has 0 fully saturated rings. The first-order valence-corrected chi connectivity index (χ1v) is 12.0. The lowest BCUT2D eigenvalue weighted by atomic mass is 10.0. The van der Waals surface area contributed by atoms with Gasteiger partial charge in [-0.05, 0) is 37.0 Å². The number of hydrogen-bond acceptors (Lipinski definition) is 5. The molecule has 0 spiro atoms. The number of thioether (sulfide) groups is 1. The zero-order chi connectivity index (χ0) is 23.8. The van der Waals surface area contributed by atoms with Crippen LogP contribution in [0.15, 0.2) is 59.8 Å². The van der Waals surface area contributed by atoms with E-state index < -0.39 is 0 Å². The molecule has 2 amide bonds. The molecule has 7 nitrogen and oxygen atoms in total. The maximum Gasteiger partial charge on any atom is 0.251 e. The second-order valence-electron chi connectivity index (χ2n) is 8.34. The van der Waals surface area contributed by atoms with Crippen molar-refractivity contribution in [1.29, 1.82) is 0 Å². The number of carbonyl (C=O) groups is 2. The molecule has 0 saturated heterocycles. The van der Waals surface area contributed by atoms with E-state index in [2.05, 4.69) is 20.8 Å². The number of rotatable bonds is 10. The van der Waals surface area contributed by atoms with Crippen molar-refractivity contribution < 1.29 is 9.59 Å². The van der Waals surface area contributed by atoms with Gasteiger partial charge in [-0.25, -0.2) is 0 Å². The van der Waals surface area contributed by atoms with Gasteiger partial charge in [-0.1, -0.05) is 73.6 Å². The zero-order valence-corrected chi connectivity index (χ0v) is 20.4. The fourth-order valence-electron chi connectivity index (χ4n) is 3.43. The van der Waals surface area contributed by atoms with E-state index in [1.807, 2.05) is 80.9 Å². The van der Waals surface area contributed by atoms with E-state index in [4.69, 9.17) is 0 Å². The van der Waals surface area contributed by atoms with E-state index in [-0.39, 0.29) is 29.5 Å². The lowest BCUT2D eigenvalue weighted by molar-refractivity contribution is -0.118. The Morgan fingerprint density at radius 1 is 1.06 bits per heavy atom. The topological polar surface area (TPSA) is 88.9 Å². The fraction of sp³-hybridized carbons (Fsp3) is 0.360. The van der Waals surface area contributed by atoms with Crippen molar-refractivity contribution in [1.82, 2.24) is 25.4 Å². The molecule has 0 aliphatic carbocycles. The molecule has 3 aromatic rings. The smallest absolute Gasteiger partial charge is 0.251 e. The quantitative estimate of drug-likeness (QED) is 0.446. The van der Waals surface area contributed by atoms with E-state index in [9.17, 15) is 9.59 Å². The number of aromatic nitrogens is 3. The van der Waals surface area contributed by atoms with Crippen LogP contribution >= 0.6 is 11.8 Å². The van der Waals surface area contributed by atoms with Gasteiger partial charge in [0.25, 0.3) is 5.91 Å². The van der Waals surface area contributed by atoms with Gasteiger partial charge in [-0.15, -0.1) is 10.2 Å². The van der Waals surface area contributed by atoms with Gasteiger partial charge in [0.15, 0.2) is 11.0 Å². The first-order chi connectivity index (χ1) is 15.8. The van der Waals surface area contributed by atoms with Gasteiger partial charge in [0.2, 0.25) is 5.91 Å². The summed E-state index contributed by atoms with van der Waals surface area (Å²) in [5.41, 5.74) is 2.84. The van der Waals surface area contributed by atoms with Gasteiger partial charge in [-0.3, -0.25) is 9.59 Å². The normalized spacial score (nSPS) is 11.9. The van der Waals surface area contributed by atoms with Gasteiger partial charge >= 0.3 is 0 Å². The Morgan fingerprint density at radius 2 is 1.82 bits per heavy atom. The number of benzene rings is 2. The first kappa shape index (κ1) is 24.5. The summed E-state index contributed by atoms with van der Waals surface area (Å²) in [4.78, 5) is 25.0. The molecular weight excluding hydrogens is 434 g/mol. The van der Waals surface area contributed by atoms with Crippen LogP contribution in [0.2, 0.25) is 0 Å². The summed E-state index contributed by atoms with van der Waals surface area (Å²) in [5.74, 6) is 0.836. The molecule has 1 atom stereocenters. The van der Waals surface area contributed by atoms with Gasteiger partial charge in [-0.2, -0.15) is 0 Å². The van der Waals surface area contributed by atoms with Gasteiger partial charge < -0.3 is 15.2 Å². The fourth-order valence-corrected chi connectivity index (χ4v) is 4.18. The van der Waals surface area contributed by atoms with Gasteiger partial charge in [0.05, 0.1) is 11.8 Å². The summed E-state index contributed by atoms with van der Waals surface area (Å²) in [7, 11) is 1.86. The van der Waals surface area contributed by atoms with Gasteiger partial charge in [0, 0.05) is 19.2 Å². The van der Waals surface area contributed by atoms with Crippen LogP contribution in [0, 0.1) is 12.8 Å². The SMILES string of the molecule is Cc1cccc(C(=O)N[C@H](c2nnc(SCC(=O)NCCc3ccccc3)n2C)C(C)C)c1. The predicted molar refractivity (Wildman–Crippen MR) is 131 cm³/mol. The lowest BCUT2D eigenvalue weighted by Crippen LogP contribution is -2.33. The second kappa shape index (κ2) is 11.7. The second-order valence-corrected chi connectivity index (χ2v) is 9.28. The largest absolute Gasteiger partial charge is 0.355 e. The first-order valence-electron chi connectivity index (χ1n) is 11.1. The summed E-state index contributed by atoms with van der Waals surface area (Å²) in [6, 6.07) is 17.2. The maximum atomic E-state index is 12.8. The highest BCUT2D eigenvalue weighted by molar-refractivity contribution is 7.99. The van der Waals surface area contributed by atoms with Crippen molar-refractivity contribution in [3.8, 4) is 0 Å². The Bertz CT molecular complexity index is 1080. The monoisotopic (exact) mass is 465 g/mol. The van der Waals surface area contributed by atoms with Crippen LogP contribution < -0.4 is 10.6 Å².